The second-order valence-electron chi connectivity index (χ2n) is 1.49. The van der Waals surface area contributed by atoms with E-state index < -0.39 is 0 Å². The molecule has 0 saturated heterocycles. The van der Waals surface area contributed by atoms with Crippen LogP contribution in [0.4, 0.5) is 0 Å². The van der Waals surface area contributed by atoms with E-state index >= 15 is 0 Å². The second kappa shape index (κ2) is 4.15. The lowest BCUT2D eigenvalue weighted by atomic mass is 10.4. The fourth-order valence-electron chi connectivity index (χ4n) is 0.164. The zero-order valence-corrected chi connectivity index (χ0v) is 5.29. The molecule has 0 aliphatic rings. The summed E-state index contributed by atoms with van der Waals surface area (Å²) in [4.78, 5) is 9.61. The first-order valence-electron chi connectivity index (χ1n) is 2.12. The van der Waals surface area contributed by atoms with Gasteiger partial charge < -0.3 is 0 Å². The minimum absolute atomic E-state index is 0.384. The van der Waals surface area contributed by atoms with Gasteiger partial charge in [0.05, 0.1) is 0 Å². The zero-order chi connectivity index (χ0) is 5.70. The van der Waals surface area contributed by atoms with Crippen molar-refractivity contribution in [1.82, 2.24) is 4.72 Å². The van der Waals surface area contributed by atoms with Crippen LogP contribution < -0.4 is 4.72 Å². The summed E-state index contributed by atoms with van der Waals surface area (Å²) in [5.74, 6) is 0. The molecule has 0 aromatic rings. The normalized spacial score (nSPS) is 9.57. The fraction of sp³-hybridized carbons (Fsp3) is 0.750. The van der Waals surface area contributed by atoms with E-state index in [4.69, 9.17) is 0 Å². The van der Waals surface area contributed by atoms with E-state index in [0.717, 1.165) is 17.6 Å². The molecule has 7 heavy (non-hydrogen) atoms. The van der Waals surface area contributed by atoms with Gasteiger partial charge >= 0.3 is 0 Å². The van der Waals surface area contributed by atoms with Crippen LogP contribution in [0.3, 0.4) is 0 Å². The Balaban J connectivity index is 2.81. The van der Waals surface area contributed by atoms with E-state index in [-0.39, 0.29) is 0 Å². The van der Waals surface area contributed by atoms with Crippen molar-refractivity contribution in [3.63, 3.8) is 0 Å². The molecule has 0 fully saturated rings. The maximum atomic E-state index is 9.61. The Hall–Kier alpha value is -0.0200. The van der Waals surface area contributed by atoms with E-state index in [9.17, 15) is 4.79 Å². The van der Waals surface area contributed by atoms with Crippen LogP contribution in [0.5, 0.6) is 0 Å². The summed E-state index contributed by atoms with van der Waals surface area (Å²) in [5.41, 5.74) is 0.778. The number of carbonyl (C=O) groups is 1. The predicted octanol–water partition coefficient (Wildman–Crippen LogP) is 0.823. The van der Waals surface area contributed by atoms with Crippen molar-refractivity contribution < 1.29 is 4.79 Å². The maximum absolute atomic E-state index is 9.61. The average Bonchev–Trinajstić information content (AvgIpc) is 1.61. The topological polar surface area (TPSA) is 29.1 Å². The van der Waals surface area contributed by atoms with E-state index in [2.05, 4.69) is 4.72 Å². The molecule has 0 bridgehead atoms. The Morgan fingerprint density at radius 1 is 1.71 bits per heavy atom. The van der Waals surface area contributed by atoms with E-state index in [1.54, 1.807) is 0 Å². The van der Waals surface area contributed by atoms with Gasteiger partial charge in [0, 0.05) is 6.04 Å². The van der Waals surface area contributed by atoms with Gasteiger partial charge in [-0.05, 0) is 25.8 Å². The monoisotopic (exact) mass is 119 g/mol. The molecule has 0 radical (unpaired) electrons. The van der Waals surface area contributed by atoms with Crippen molar-refractivity contribution in [3.8, 4) is 0 Å². The molecular formula is C4H9NOS. The number of rotatable bonds is 3. The van der Waals surface area contributed by atoms with Crippen molar-refractivity contribution in [2.24, 2.45) is 0 Å². The average molecular weight is 119 g/mol. The largest absolute Gasteiger partial charge is 0.290 e. The van der Waals surface area contributed by atoms with Crippen LogP contribution in [-0.2, 0) is 4.79 Å². The van der Waals surface area contributed by atoms with Crippen LogP contribution in [-0.4, -0.2) is 11.7 Å². The smallest absolute Gasteiger partial charge is 0.191 e. The summed E-state index contributed by atoms with van der Waals surface area (Å²) < 4.78 is 2.84. The third-order valence-corrected chi connectivity index (χ3v) is 1.06. The Labute approximate surface area is 47.8 Å². The van der Waals surface area contributed by atoms with Crippen LogP contribution in [0.15, 0.2) is 0 Å². The van der Waals surface area contributed by atoms with Crippen molar-refractivity contribution in [2.45, 2.75) is 19.9 Å². The number of hydrogen-bond donors (Lipinski definition) is 1. The lowest BCUT2D eigenvalue weighted by molar-refractivity contribution is 0.569. The molecule has 0 aliphatic heterocycles. The van der Waals surface area contributed by atoms with Crippen LogP contribution in [0.2, 0.25) is 0 Å². The van der Waals surface area contributed by atoms with E-state index in [0.29, 0.717) is 6.04 Å². The first-order chi connectivity index (χ1) is 3.27. The van der Waals surface area contributed by atoms with Crippen LogP contribution in [0, 0.1) is 0 Å². The second-order valence-corrected chi connectivity index (χ2v) is 2.15. The van der Waals surface area contributed by atoms with Crippen molar-refractivity contribution in [3.05, 3.63) is 0 Å². The molecule has 1 N–H and O–H groups in total. The Morgan fingerprint density at radius 3 is 2.43 bits per heavy atom. The third-order valence-electron chi connectivity index (χ3n) is 0.352. The van der Waals surface area contributed by atoms with Gasteiger partial charge in [-0.2, -0.15) is 0 Å². The van der Waals surface area contributed by atoms with Gasteiger partial charge in [0.15, 0.2) is 5.62 Å². The maximum Gasteiger partial charge on any atom is 0.191 e. The minimum Gasteiger partial charge on any atom is -0.290 e. The van der Waals surface area contributed by atoms with Gasteiger partial charge in [0.1, 0.15) is 0 Å². The quantitative estimate of drug-likeness (QED) is 0.440. The molecule has 0 unspecified atom stereocenters. The van der Waals surface area contributed by atoms with E-state index in [1.807, 2.05) is 13.8 Å². The standard InChI is InChI=1S/C4H9NOS/c1-4(2)5-7-3-6/h3-5H,1-2H3. The minimum atomic E-state index is 0.384. The molecule has 0 saturated carbocycles. The summed E-state index contributed by atoms with van der Waals surface area (Å²) in [7, 11) is 0. The Morgan fingerprint density at radius 2 is 2.29 bits per heavy atom. The number of nitrogens with one attached hydrogen (secondary N) is 1. The Bertz CT molecular complexity index is 55.7. The van der Waals surface area contributed by atoms with E-state index in [1.165, 1.54) is 0 Å². The lowest BCUT2D eigenvalue weighted by Crippen LogP contribution is -2.13. The summed E-state index contributed by atoms with van der Waals surface area (Å²) >= 11 is 1.09. The van der Waals surface area contributed by atoms with Crippen molar-refractivity contribution >= 4 is 17.6 Å². The highest BCUT2D eigenvalue weighted by Crippen LogP contribution is 1.86. The molecule has 0 spiro atoms. The molecule has 0 heterocycles. The SMILES string of the molecule is CC(C)NSC=O. The summed E-state index contributed by atoms with van der Waals surface area (Å²) in [6.45, 7) is 3.97. The number of carbonyl (C=O) groups excluding carboxylic acids is 1. The van der Waals surface area contributed by atoms with Crippen LogP contribution >= 0.6 is 11.9 Å². The van der Waals surface area contributed by atoms with Gasteiger partial charge in [-0.25, -0.2) is 0 Å². The summed E-state index contributed by atoms with van der Waals surface area (Å²) in [6, 6.07) is 0.384. The molecule has 0 atom stereocenters. The fourth-order valence-corrected chi connectivity index (χ4v) is 0.492. The van der Waals surface area contributed by atoms with Crippen molar-refractivity contribution in [2.75, 3.05) is 0 Å². The van der Waals surface area contributed by atoms with Gasteiger partial charge in [-0.15, -0.1) is 0 Å². The van der Waals surface area contributed by atoms with Crippen LogP contribution in [0.25, 0.3) is 0 Å². The van der Waals surface area contributed by atoms with Gasteiger partial charge in [-0.3, -0.25) is 9.52 Å². The highest BCUT2D eigenvalue weighted by atomic mass is 32.2. The van der Waals surface area contributed by atoms with Gasteiger partial charge in [-0.1, -0.05) is 0 Å². The van der Waals surface area contributed by atoms with Crippen LogP contribution in [0.1, 0.15) is 13.8 Å². The molecule has 0 aromatic carbocycles. The molecule has 42 valence electrons. The molecule has 0 rings (SSSR count). The van der Waals surface area contributed by atoms with Gasteiger partial charge in [0.25, 0.3) is 0 Å². The highest BCUT2D eigenvalue weighted by Gasteiger charge is 1.86. The lowest BCUT2D eigenvalue weighted by Gasteiger charge is -1.98. The predicted molar refractivity (Wildman–Crippen MR) is 32.6 cm³/mol. The summed E-state index contributed by atoms with van der Waals surface area (Å²) in [5, 5.41) is 0. The highest BCUT2D eigenvalue weighted by molar-refractivity contribution is 8.10. The molecule has 0 amide bonds. The zero-order valence-electron chi connectivity index (χ0n) is 4.47. The Kier molecular flexibility index (Phi) is 4.14. The van der Waals surface area contributed by atoms with Crippen molar-refractivity contribution in [1.29, 1.82) is 0 Å². The first-order valence-corrected chi connectivity index (χ1v) is 3.00. The summed E-state index contributed by atoms with van der Waals surface area (Å²) in [6.07, 6.45) is 0. The number of hydrogen-bond acceptors (Lipinski definition) is 3. The van der Waals surface area contributed by atoms with Gasteiger partial charge in [0.2, 0.25) is 0 Å². The molecule has 3 heteroatoms. The molecular weight excluding hydrogens is 110 g/mol. The molecule has 0 aliphatic carbocycles. The third kappa shape index (κ3) is 5.98. The molecule has 0 aromatic heterocycles. The molecule has 2 nitrogen and oxygen atoms in total. The first kappa shape index (κ1) is 6.98.